The second-order valence-corrected chi connectivity index (χ2v) is 30.2. The van der Waals surface area contributed by atoms with Gasteiger partial charge < -0.3 is 15.0 Å². The van der Waals surface area contributed by atoms with E-state index in [2.05, 4.69) is 129 Å². The minimum absolute atomic E-state index is 0.00520. The summed E-state index contributed by atoms with van der Waals surface area (Å²) in [5.41, 5.74) is 14.8. The van der Waals surface area contributed by atoms with Gasteiger partial charge in [0.1, 0.15) is 56.8 Å². The lowest BCUT2D eigenvalue weighted by Gasteiger charge is -2.21. The van der Waals surface area contributed by atoms with Crippen LogP contribution in [-0.4, -0.2) is 133 Å². The molecule has 0 saturated heterocycles. The van der Waals surface area contributed by atoms with Crippen LogP contribution >= 0.6 is 0 Å². The highest BCUT2D eigenvalue weighted by atomic mass is 16.5. The second kappa shape index (κ2) is 42.8. The molecular weight excluding hydrogens is 1650 g/mol. The van der Waals surface area contributed by atoms with Gasteiger partial charge in [-0.1, -0.05) is 136 Å². The van der Waals surface area contributed by atoms with Crippen molar-refractivity contribution >= 4 is 90.9 Å². The molecule has 0 radical (unpaired) electrons. The van der Waals surface area contributed by atoms with Crippen LogP contribution in [0.1, 0.15) is 112 Å². The molecule has 0 aliphatic heterocycles. The zero-order valence-electron chi connectivity index (χ0n) is 72.8. The van der Waals surface area contributed by atoms with Crippen LogP contribution in [0, 0.1) is 6.92 Å². The number of ether oxygens (including phenoxy) is 1. The summed E-state index contributed by atoms with van der Waals surface area (Å²) in [5.74, 6) is 2.48. The monoisotopic (exact) mass is 1740 g/mol. The molecule has 131 heavy (non-hydrogen) atoms. The Morgan fingerprint density at radius 2 is 0.687 bits per heavy atom. The number of carbonyl (C=O) groups excluding carboxylic acids is 6. The number of amides is 1. The number of hydrogen-bond donors (Lipinski definition) is 1. The van der Waals surface area contributed by atoms with Gasteiger partial charge in [-0.3, -0.25) is 66.2 Å². The number of Topliss-reactive ketones (excluding diaryl/α,β-unsaturated/α-hetero) is 1. The molecule has 29 nitrogen and oxygen atoms in total. The Morgan fingerprint density at radius 3 is 1.01 bits per heavy atom. The van der Waals surface area contributed by atoms with Crippen molar-refractivity contribution in [2.24, 2.45) is 0 Å². The molecule has 0 saturated carbocycles. The molecule has 8 aromatic heterocycles. The van der Waals surface area contributed by atoms with Gasteiger partial charge in [0.05, 0.1) is 73.2 Å². The van der Waals surface area contributed by atoms with Gasteiger partial charge in [0, 0.05) is 88.3 Å². The molecule has 0 atom stereocenters. The molecule has 0 bridgehead atoms. The summed E-state index contributed by atoms with van der Waals surface area (Å²) in [6.45, 7) is 24.9. The molecule has 0 aliphatic rings. The number of allylic oxidation sites excluding steroid dienone is 4. The fourth-order valence-corrected chi connectivity index (χ4v) is 14.3. The van der Waals surface area contributed by atoms with E-state index in [1.807, 2.05) is 121 Å². The van der Waals surface area contributed by atoms with Crippen LogP contribution in [0.2, 0.25) is 0 Å². The summed E-state index contributed by atoms with van der Waals surface area (Å²) < 4.78 is 11.2. The lowest BCUT2D eigenvalue weighted by Crippen LogP contribution is -2.24. The number of aromatic nitrogens is 16. The van der Waals surface area contributed by atoms with Crippen LogP contribution in [0.5, 0.6) is 5.75 Å². The topological polar surface area (TPSA) is 370 Å². The van der Waals surface area contributed by atoms with Crippen molar-refractivity contribution in [3.05, 3.63) is 409 Å². The molecule has 29 heteroatoms. The maximum absolute atomic E-state index is 13.1. The van der Waals surface area contributed by atoms with Crippen molar-refractivity contribution in [2.45, 2.75) is 86.0 Å². The van der Waals surface area contributed by atoms with Crippen LogP contribution in [0.25, 0.3) is 67.4 Å². The number of ketones is 5. The first-order valence-corrected chi connectivity index (χ1v) is 41.8. The van der Waals surface area contributed by atoms with Crippen LogP contribution in [-0.2, 0) is 75.3 Å². The zero-order valence-corrected chi connectivity index (χ0v) is 72.8. The van der Waals surface area contributed by atoms with Crippen molar-refractivity contribution < 1.29 is 33.5 Å². The molecule has 16 rings (SSSR count). The summed E-state index contributed by atoms with van der Waals surface area (Å²) in [5, 5.41) is 2.73. The highest BCUT2D eigenvalue weighted by Gasteiger charge is 2.20. The number of hydrogen-bond acceptors (Lipinski definition) is 24. The van der Waals surface area contributed by atoms with E-state index in [0.29, 0.717) is 133 Å². The van der Waals surface area contributed by atoms with Crippen molar-refractivity contribution in [3.8, 4) is 28.5 Å². The highest BCUT2D eigenvalue weighted by Crippen LogP contribution is 2.25. The Kier molecular flexibility index (Phi) is 30.0. The maximum Gasteiger partial charge on any atom is 0.278 e. The van der Waals surface area contributed by atoms with E-state index in [4.69, 9.17) is 9.72 Å². The first-order valence-electron chi connectivity index (χ1n) is 41.8. The Balaban J connectivity index is 0.000000149. The van der Waals surface area contributed by atoms with Gasteiger partial charge in [0.25, 0.3) is 22.2 Å². The Labute approximate surface area is 751 Å². The molecule has 8 heterocycles. The van der Waals surface area contributed by atoms with E-state index in [9.17, 15) is 47.9 Å². The third kappa shape index (κ3) is 23.4. The summed E-state index contributed by atoms with van der Waals surface area (Å²) in [7, 11) is 1.62. The van der Waals surface area contributed by atoms with Gasteiger partial charge in [-0.05, 0) is 181 Å². The van der Waals surface area contributed by atoms with Crippen LogP contribution in [0.4, 0.5) is 11.4 Å². The molecule has 654 valence electrons. The van der Waals surface area contributed by atoms with Crippen LogP contribution in [0.3, 0.4) is 0 Å². The standard InChI is InChI=1S/C27H27N5O2.C25H21N5O3.C25H22N4O3.C25H20N4O3/c1-4-23(33)15-20-8-7-9-22(14-20)32-26(34)18-28-24-17-29-25(30-27(24)32)16-19-10-12-21(13-11-19)31(5-2)6-3;1-3-21(32)12-18-5-4-6-20(11-18)30-24(33)15-26-22-14-27-23(29-25(22)30)13-17-7-9-19(10-8-17)28-16(2)31;1-4-20(30)13-18-6-5-7-19(12-18)29-24-22(27-16(2)25(29)31)15-26-23(28-24)14-17-8-10-21(32-3)11-9-17;1-3-21(31)12-18-5-4-6-20(11-18)29-24(32)15-26-22-14-27-23(28-25(22)29)13-17-7-9-19(10-8-17)16(2)30/h4,7-14,17-18H,1,5-6,15-16H2,2-3H3;3-11,14-15H,1,12-13H2,2H3,(H,28,31);4-12,15H,1,13-14H2,2-3H3;3-11,14-15H,1,12-13H2,2H3. The average molecular weight is 1740 g/mol. The van der Waals surface area contributed by atoms with Gasteiger partial charge >= 0.3 is 0 Å². The van der Waals surface area contributed by atoms with Gasteiger partial charge in [-0.2, -0.15) is 0 Å². The number of anilines is 2. The molecule has 16 aromatic rings. The number of nitrogens with one attached hydrogen (secondary N) is 1. The van der Waals surface area contributed by atoms with E-state index in [-0.39, 0.29) is 82.7 Å². The number of carbonyl (C=O) groups is 6. The molecule has 0 spiro atoms. The van der Waals surface area contributed by atoms with Crippen molar-refractivity contribution in [2.75, 3.05) is 30.4 Å². The second-order valence-electron chi connectivity index (χ2n) is 30.2. The van der Waals surface area contributed by atoms with Gasteiger partial charge in [-0.25, -0.2) is 59.8 Å². The highest BCUT2D eigenvalue weighted by molar-refractivity contribution is 5.95. The number of methoxy groups -OCH3 is 1. The molecule has 0 fully saturated rings. The predicted molar refractivity (Wildman–Crippen MR) is 504 cm³/mol. The van der Waals surface area contributed by atoms with E-state index in [1.165, 1.54) is 80.7 Å². The van der Waals surface area contributed by atoms with Crippen LogP contribution in [0.15, 0.2) is 307 Å². The molecule has 0 unspecified atom stereocenters. The Hall–Kier alpha value is -17.0. The molecule has 0 aliphatic carbocycles. The molecule has 1 amide bonds. The lowest BCUT2D eigenvalue weighted by molar-refractivity contribution is -0.115. The SMILES string of the molecule is C=CC(=O)Cc1cccc(-n2c(=O)c(C)nc3cnc(Cc4ccc(OC)cc4)nc32)c1.C=CC(=O)Cc1cccc(-n2c(=O)cnc3cnc(Cc4ccc(C(C)=O)cc4)nc32)c1.C=CC(=O)Cc1cccc(-n2c(=O)cnc3cnc(Cc4ccc(N(CC)CC)cc4)nc32)c1.C=CC(=O)Cc1cccc(-n2c(=O)cnc3cnc(Cc4ccc(NC(C)=O)cc4)nc32)c1. The fourth-order valence-electron chi connectivity index (χ4n) is 14.3. The van der Waals surface area contributed by atoms with Gasteiger partial charge in [0.15, 0.2) is 51.5 Å². The third-order valence-electron chi connectivity index (χ3n) is 20.9. The minimum atomic E-state index is -0.334. The van der Waals surface area contributed by atoms with Gasteiger partial charge in [-0.15, -0.1) is 0 Å². The quantitative estimate of drug-likeness (QED) is 0.0323. The third-order valence-corrected chi connectivity index (χ3v) is 20.9. The first kappa shape index (κ1) is 91.7. The van der Waals surface area contributed by atoms with Gasteiger partial charge in [0.2, 0.25) is 5.91 Å². The minimum Gasteiger partial charge on any atom is -0.497 e. The smallest absolute Gasteiger partial charge is 0.278 e. The maximum atomic E-state index is 13.1. The lowest BCUT2D eigenvalue weighted by atomic mass is 10.1. The Morgan fingerprint density at radius 1 is 0.374 bits per heavy atom. The summed E-state index contributed by atoms with van der Waals surface area (Å²) >= 11 is 0. The molecular formula is C102H90N18O11. The number of nitrogens with zero attached hydrogens (tertiary/aromatic N) is 17. The zero-order chi connectivity index (χ0) is 92.8. The van der Waals surface area contributed by atoms with E-state index in [0.717, 1.165) is 63.3 Å². The van der Waals surface area contributed by atoms with E-state index >= 15 is 0 Å². The number of rotatable bonds is 30. The Bertz CT molecular complexity index is 7330. The first-order chi connectivity index (χ1) is 63.4. The van der Waals surface area contributed by atoms with Crippen LogP contribution < -0.4 is 37.2 Å². The summed E-state index contributed by atoms with van der Waals surface area (Å²) in [6, 6.07) is 59.6. The number of benzene rings is 8. The summed E-state index contributed by atoms with van der Waals surface area (Å²) in [4.78, 5) is 177. The van der Waals surface area contributed by atoms with Crippen molar-refractivity contribution in [1.29, 1.82) is 0 Å². The number of aryl methyl sites for hydroxylation is 1. The largest absolute Gasteiger partial charge is 0.497 e. The average Bonchev–Trinajstić information content (AvgIpc) is 0.782. The predicted octanol–water partition coefficient (Wildman–Crippen LogP) is 13.6. The summed E-state index contributed by atoms with van der Waals surface area (Å²) in [6.07, 6.45) is 18.1. The molecule has 8 aromatic carbocycles. The fraction of sp³-hybridized carbons (Fsp3) is 0.157. The normalized spacial score (nSPS) is 10.8. The van der Waals surface area contributed by atoms with Crippen molar-refractivity contribution in [3.63, 3.8) is 0 Å². The van der Waals surface area contributed by atoms with E-state index < -0.39 is 0 Å². The van der Waals surface area contributed by atoms with Crippen molar-refractivity contribution in [1.82, 2.24) is 78.1 Å². The molecule has 1 N–H and O–H groups in total. The number of fused-ring (bicyclic) bond motifs is 4. The van der Waals surface area contributed by atoms with E-state index in [1.54, 1.807) is 87.4 Å².